The van der Waals surface area contributed by atoms with E-state index in [2.05, 4.69) is 17.2 Å². The number of thioether (sulfide) groups is 1. The Labute approximate surface area is 120 Å². The lowest BCUT2D eigenvalue weighted by Gasteiger charge is -2.22. The molecule has 0 aliphatic heterocycles. The molecule has 0 bridgehead atoms. The van der Waals surface area contributed by atoms with Crippen LogP contribution in [0.2, 0.25) is 0 Å². The highest BCUT2D eigenvalue weighted by Gasteiger charge is 2.28. The number of nitrogens with one attached hydrogen (secondary N) is 1. The number of rotatable bonds is 4. The van der Waals surface area contributed by atoms with E-state index in [1.54, 1.807) is 0 Å². The second-order valence-corrected chi connectivity index (χ2v) is 7.05. The lowest BCUT2D eigenvalue weighted by molar-refractivity contribution is 0.515. The van der Waals surface area contributed by atoms with Crippen molar-refractivity contribution in [1.29, 1.82) is 0 Å². The monoisotopic (exact) mass is 277 g/mol. The van der Waals surface area contributed by atoms with Crippen LogP contribution in [0, 0.1) is 6.92 Å². The van der Waals surface area contributed by atoms with Crippen molar-refractivity contribution in [3.05, 3.63) is 11.4 Å². The predicted molar refractivity (Wildman–Crippen MR) is 81.0 cm³/mol. The van der Waals surface area contributed by atoms with Crippen molar-refractivity contribution in [2.45, 2.75) is 68.1 Å². The molecule has 0 amide bonds. The molecule has 0 atom stereocenters. The average molecular weight is 277 g/mol. The zero-order valence-electron chi connectivity index (χ0n) is 11.9. The molecule has 2 aliphatic rings. The van der Waals surface area contributed by atoms with Gasteiger partial charge in [0.15, 0.2) is 0 Å². The maximum absolute atomic E-state index is 4.85. The maximum atomic E-state index is 4.85. The summed E-state index contributed by atoms with van der Waals surface area (Å²) in [5.74, 6) is 2.71. The SMILES string of the molecule is CNc1nc(C2CC2)nc(SC2CCCCC2)c1C. The van der Waals surface area contributed by atoms with Gasteiger partial charge in [0.1, 0.15) is 16.7 Å². The van der Waals surface area contributed by atoms with Crippen LogP contribution in [0.5, 0.6) is 0 Å². The molecule has 1 N–H and O–H groups in total. The van der Waals surface area contributed by atoms with Crippen LogP contribution >= 0.6 is 11.8 Å². The van der Waals surface area contributed by atoms with Crippen molar-refractivity contribution in [1.82, 2.24) is 9.97 Å². The second kappa shape index (κ2) is 5.70. The zero-order valence-corrected chi connectivity index (χ0v) is 12.7. The Morgan fingerprint density at radius 1 is 1.05 bits per heavy atom. The molecule has 0 aromatic carbocycles. The van der Waals surface area contributed by atoms with Crippen LogP contribution in [0.3, 0.4) is 0 Å². The molecule has 4 heteroatoms. The van der Waals surface area contributed by atoms with Gasteiger partial charge in [-0.3, -0.25) is 0 Å². The van der Waals surface area contributed by atoms with Crippen LogP contribution in [0.25, 0.3) is 0 Å². The van der Waals surface area contributed by atoms with Crippen LogP contribution in [-0.2, 0) is 0 Å². The smallest absolute Gasteiger partial charge is 0.135 e. The Morgan fingerprint density at radius 3 is 2.42 bits per heavy atom. The molecule has 0 spiro atoms. The molecule has 3 nitrogen and oxygen atoms in total. The first kappa shape index (κ1) is 13.2. The topological polar surface area (TPSA) is 37.8 Å². The summed E-state index contributed by atoms with van der Waals surface area (Å²) in [6.07, 6.45) is 9.41. The Bertz CT molecular complexity index is 451. The number of hydrogen-bond acceptors (Lipinski definition) is 4. The Balaban J connectivity index is 1.83. The number of nitrogens with zero attached hydrogens (tertiary/aromatic N) is 2. The second-order valence-electron chi connectivity index (χ2n) is 5.76. The quantitative estimate of drug-likeness (QED) is 0.840. The van der Waals surface area contributed by atoms with E-state index in [1.165, 1.54) is 55.5 Å². The molecular formula is C15H23N3S. The fraction of sp³-hybridized carbons (Fsp3) is 0.733. The van der Waals surface area contributed by atoms with Crippen molar-refractivity contribution >= 4 is 17.6 Å². The first-order valence-corrected chi connectivity index (χ1v) is 8.39. The fourth-order valence-corrected chi connectivity index (χ4v) is 4.04. The fourth-order valence-electron chi connectivity index (χ4n) is 2.74. The third-order valence-corrected chi connectivity index (χ3v) is 5.55. The van der Waals surface area contributed by atoms with Crippen molar-refractivity contribution in [3.63, 3.8) is 0 Å². The van der Waals surface area contributed by atoms with Gasteiger partial charge in [0.2, 0.25) is 0 Å². The van der Waals surface area contributed by atoms with Crippen molar-refractivity contribution < 1.29 is 0 Å². The van der Waals surface area contributed by atoms with Gasteiger partial charge in [-0.05, 0) is 32.6 Å². The van der Waals surface area contributed by atoms with Crippen molar-refractivity contribution in [2.24, 2.45) is 0 Å². The van der Waals surface area contributed by atoms with E-state index >= 15 is 0 Å². The molecule has 19 heavy (non-hydrogen) atoms. The predicted octanol–water partition coefficient (Wildman–Crippen LogP) is 4.13. The van der Waals surface area contributed by atoms with E-state index in [0.29, 0.717) is 5.92 Å². The first-order valence-electron chi connectivity index (χ1n) is 7.51. The summed E-state index contributed by atoms with van der Waals surface area (Å²) in [5, 5.41) is 5.21. The minimum Gasteiger partial charge on any atom is -0.373 e. The molecule has 1 heterocycles. The highest BCUT2D eigenvalue weighted by Crippen LogP contribution is 2.41. The molecule has 3 rings (SSSR count). The Hall–Kier alpha value is -0.770. The standard InChI is InChI=1S/C15H23N3S/c1-10-13(16-2)17-14(11-8-9-11)18-15(10)19-12-6-4-3-5-7-12/h11-12H,3-9H2,1-2H3,(H,16,17,18). The molecule has 0 saturated heterocycles. The molecule has 2 saturated carbocycles. The van der Waals surface area contributed by atoms with E-state index in [0.717, 1.165) is 16.9 Å². The lowest BCUT2D eigenvalue weighted by Crippen LogP contribution is -2.10. The van der Waals surface area contributed by atoms with Crippen LogP contribution in [0.4, 0.5) is 5.82 Å². The van der Waals surface area contributed by atoms with Crippen molar-refractivity contribution in [2.75, 3.05) is 12.4 Å². The van der Waals surface area contributed by atoms with Gasteiger partial charge in [-0.15, -0.1) is 11.8 Å². The van der Waals surface area contributed by atoms with E-state index in [1.807, 2.05) is 18.8 Å². The number of aromatic nitrogens is 2. The third kappa shape index (κ3) is 3.04. The van der Waals surface area contributed by atoms with Crippen LogP contribution in [-0.4, -0.2) is 22.3 Å². The first-order chi connectivity index (χ1) is 9.28. The van der Waals surface area contributed by atoms with Gasteiger partial charge in [0.05, 0.1) is 0 Å². The maximum Gasteiger partial charge on any atom is 0.135 e. The van der Waals surface area contributed by atoms with Gasteiger partial charge in [0.25, 0.3) is 0 Å². The molecule has 0 unspecified atom stereocenters. The number of anilines is 1. The molecule has 0 radical (unpaired) electrons. The molecule has 1 aromatic heterocycles. The Kier molecular flexibility index (Phi) is 3.96. The molecule has 1 aromatic rings. The number of hydrogen-bond donors (Lipinski definition) is 1. The highest BCUT2D eigenvalue weighted by atomic mass is 32.2. The van der Waals surface area contributed by atoms with Crippen molar-refractivity contribution in [3.8, 4) is 0 Å². The van der Waals surface area contributed by atoms with Crippen LogP contribution in [0.1, 0.15) is 62.3 Å². The third-order valence-electron chi connectivity index (χ3n) is 4.13. The lowest BCUT2D eigenvalue weighted by atomic mass is 10.0. The highest BCUT2D eigenvalue weighted by molar-refractivity contribution is 7.99. The summed E-state index contributed by atoms with van der Waals surface area (Å²) >= 11 is 1.99. The van der Waals surface area contributed by atoms with E-state index in [4.69, 9.17) is 4.98 Å². The summed E-state index contributed by atoms with van der Waals surface area (Å²) < 4.78 is 0. The van der Waals surface area contributed by atoms with Gasteiger partial charge >= 0.3 is 0 Å². The summed E-state index contributed by atoms with van der Waals surface area (Å²) in [6, 6.07) is 0. The van der Waals surface area contributed by atoms with Gasteiger partial charge in [-0.25, -0.2) is 9.97 Å². The minimum atomic E-state index is 0.624. The van der Waals surface area contributed by atoms with Crippen LogP contribution in [0.15, 0.2) is 5.03 Å². The minimum absolute atomic E-state index is 0.624. The van der Waals surface area contributed by atoms with E-state index < -0.39 is 0 Å². The molecule has 2 fully saturated rings. The van der Waals surface area contributed by atoms with E-state index in [9.17, 15) is 0 Å². The van der Waals surface area contributed by atoms with Gasteiger partial charge in [-0.1, -0.05) is 19.3 Å². The van der Waals surface area contributed by atoms with Gasteiger partial charge in [-0.2, -0.15) is 0 Å². The zero-order chi connectivity index (χ0) is 13.2. The summed E-state index contributed by atoms with van der Waals surface area (Å²) in [4.78, 5) is 9.52. The summed E-state index contributed by atoms with van der Waals surface area (Å²) in [6.45, 7) is 2.15. The normalized spacial score (nSPS) is 20.5. The summed E-state index contributed by atoms with van der Waals surface area (Å²) in [7, 11) is 1.96. The van der Waals surface area contributed by atoms with Gasteiger partial charge < -0.3 is 5.32 Å². The largest absolute Gasteiger partial charge is 0.373 e. The summed E-state index contributed by atoms with van der Waals surface area (Å²) in [5.41, 5.74) is 1.22. The Morgan fingerprint density at radius 2 is 1.79 bits per heavy atom. The van der Waals surface area contributed by atoms with Crippen LogP contribution < -0.4 is 5.32 Å². The molecule has 104 valence electrons. The molecular weight excluding hydrogens is 254 g/mol. The molecule has 2 aliphatic carbocycles. The van der Waals surface area contributed by atoms with E-state index in [-0.39, 0.29) is 0 Å². The average Bonchev–Trinajstić information content (AvgIpc) is 3.27. The van der Waals surface area contributed by atoms with Gasteiger partial charge in [0, 0.05) is 23.8 Å².